The van der Waals surface area contributed by atoms with Gasteiger partial charge in [-0.1, -0.05) is 17.7 Å². The molecule has 0 amide bonds. The number of nitrogens with zero attached hydrogens (tertiary/aromatic N) is 3. The second kappa shape index (κ2) is 3.59. The van der Waals surface area contributed by atoms with E-state index >= 15 is 0 Å². The molecule has 14 heavy (non-hydrogen) atoms. The van der Waals surface area contributed by atoms with E-state index in [0.29, 0.717) is 6.54 Å². The molecule has 0 saturated heterocycles. The monoisotopic (exact) mass is 188 g/mol. The van der Waals surface area contributed by atoms with E-state index in [9.17, 15) is 0 Å². The van der Waals surface area contributed by atoms with Crippen LogP contribution in [0.3, 0.4) is 0 Å². The number of nitrogens with two attached hydrogens (primary N) is 1. The maximum absolute atomic E-state index is 5.45. The summed E-state index contributed by atoms with van der Waals surface area (Å²) in [6, 6.07) is 8.02. The number of benzene rings is 1. The Morgan fingerprint density at radius 2 is 2.00 bits per heavy atom. The Kier molecular flexibility index (Phi) is 2.28. The van der Waals surface area contributed by atoms with E-state index in [0.717, 1.165) is 11.4 Å². The molecule has 0 fully saturated rings. The lowest BCUT2D eigenvalue weighted by atomic mass is 10.2. The van der Waals surface area contributed by atoms with Crippen LogP contribution in [-0.4, -0.2) is 15.0 Å². The Morgan fingerprint density at radius 3 is 2.57 bits per heavy atom. The minimum Gasteiger partial charge on any atom is -0.325 e. The molecule has 0 saturated carbocycles. The summed E-state index contributed by atoms with van der Waals surface area (Å²) < 4.78 is 0. The minimum atomic E-state index is 0.422. The van der Waals surface area contributed by atoms with Crippen LogP contribution in [0.15, 0.2) is 30.5 Å². The summed E-state index contributed by atoms with van der Waals surface area (Å²) in [7, 11) is 0. The maximum atomic E-state index is 5.45. The summed E-state index contributed by atoms with van der Waals surface area (Å²) in [4.78, 5) is 1.58. The Morgan fingerprint density at radius 1 is 1.29 bits per heavy atom. The Hall–Kier alpha value is -1.68. The molecule has 0 bridgehead atoms. The fraction of sp³-hybridized carbons (Fsp3) is 0.200. The molecule has 72 valence electrons. The first-order chi connectivity index (χ1) is 6.79. The molecule has 4 heteroatoms. The molecule has 0 aliphatic carbocycles. The van der Waals surface area contributed by atoms with Crippen molar-refractivity contribution in [3.05, 3.63) is 41.7 Å². The first-order valence-corrected chi connectivity index (χ1v) is 4.48. The van der Waals surface area contributed by atoms with E-state index in [4.69, 9.17) is 5.73 Å². The Balaban J connectivity index is 2.34. The van der Waals surface area contributed by atoms with Gasteiger partial charge < -0.3 is 5.73 Å². The third-order valence-electron chi connectivity index (χ3n) is 2.01. The van der Waals surface area contributed by atoms with Crippen molar-refractivity contribution >= 4 is 0 Å². The van der Waals surface area contributed by atoms with E-state index in [2.05, 4.69) is 10.2 Å². The van der Waals surface area contributed by atoms with Crippen molar-refractivity contribution < 1.29 is 0 Å². The molecule has 0 aliphatic heterocycles. The fourth-order valence-corrected chi connectivity index (χ4v) is 1.19. The van der Waals surface area contributed by atoms with Gasteiger partial charge in [-0.3, -0.25) is 0 Å². The molecule has 1 aromatic heterocycles. The van der Waals surface area contributed by atoms with Crippen molar-refractivity contribution in [2.45, 2.75) is 13.5 Å². The molecule has 4 nitrogen and oxygen atoms in total. The second-order valence-corrected chi connectivity index (χ2v) is 3.17. The Labute approximate surface area is 82.4 Å². The normalized spacial score (nSPS) is 10.4. The highest BCUT2D eigenvalue weighted by Crippen LogP contribution is 2.06. The molecule has 0 atom stereocenters. The highest BCUT2D eigenvalue weighted by molar-refractivity contribution is 5.32. The summed E-state index contributed by atoms with van der Waals surface area (Å²) in [5, 5.41) is 8.32. The Bertz CT molecular complexity index is 416. The van der Waals surface area contributed by atoms with Gasteiger partial charge in [0, 0.05) is 6.54 Å². The van der Waals surface area contributed by atoms with E-state index < -0.39 is 0 Å². The van der Waals surface area contributed by atoms with Crippen molar-refractivity contribution in [3.63, 3.8) is 0 Å². The third kappa shape index (κ3) is 1.65. The van der Waals surface area contributed by atoms with Gasteiger partial charge in [-0.2, -0.15) is 15.0 Å². The van der Waals surface area contributed by atoms with Crippen LogP contribution in [0.4, 0.5) is 0 Å². The van der Waals surface area contributed by atoms with Crippen LogP contribution < -0.4 is 5.73 Å². The van der Waals surface area contributed by atoms with E-state index in [-0.39, 0.29) is 0 Å². The van der Waals surface area contributed by atoms with Crippen LogP contribution in [0.2, 0.25) is 0 Å². The van der Waals surface area contributed by atoms with Crippen LogP contribution in [0.25, 0.3) is 5.69 Å². The average molecular weight is 188 g/mol. The largest absolute Gasteiger partial charge is 0.325 e. The van der Waals surface area contributed by atoms with Gasteiger partial charge in [0.25, 0.3) is 0 Å². The molecular weight excluding hydrogens is 176 g/mol. The molecule has 2 rings (SSSR count). The summed E-state index contributed by atoms with van der Waals surface area (Å²) in [6.07, 6.45) is 1.68. The lowest BCUT2D eigenvalue weighted by molar-refractivity contribution is 0.737. The predicted molar refractivity (Wildman–Crippen MR) is 54.0 cm³/mol. The van der Waals surface area contributed by atoms with E-state index in [1.165, 1.54) is 5.56 Å². The van der Waals surface area contributed by atoms with Crippen LogP contribution in [0.1, 0.15) is 11.3 Å². The van der Waals surface area contributed by atoms with Crippen LogP contribution in [-0.2, 0) is 6.54 Å². The smallest absolute Gasteiger partial charge is 0.0967 e. The molecule has 0 aliphatic rings. The first-order valence-electron chi connectivity index (χ1n) is 4.48. The van der Waals surface area contributed by atoms with E-state index in [1.807, 2.05) is 31.2 Å². The minimum absolute atomic E-state index is 0.422. The van der Waals surface area contributed by atoms with Crippen LogP contribution in [0.5, 0.6) is 0 Å². The summed E-state index contributed by atoms with van der Waals surface area (Å²) in [6.45, 7) is 2.47. The van der Waals surface area contributed by atoms with Crippen molar-refractivity contribution in [2.75, 3.05) is 0 Å². The van der Waals surface area contributed by atoms with E-state index in [1.54, 1.807) is 11.0 Å². The van der Waals surface area contributed by atoms with Gasteiger partial charge in [-0.25, -0.2) is 0 Å². The van der Waals surface area contributed by atoms with Gasteiger partial charge in [0.05, 0.1) is 17.6 Å². The van der Waals surface area contributed by atoms with Crippen LogP contribution >= 0.6 is 0 Å². The van der Waals surface area contributed by atoms with Crippen molar-refractivity contribution in [1.82, 2.24) is 15.0 Å². The molecule has 2 aromatic rings. The lowest BCUT2D eigenvalue weighted by Gasteiger charge is -1.98. The average Bonchev–Trinajstić information content (AvgIpc) is 2.67. The van der Waals surface area contributed by atoms with Gasteiger partial charge in [0.15, 0.2) is 0 Å². The van der Waals surface area contributed by atoms with Gasteiger partial charge in [-0.15, -0.1) is 0 Å². The SMILES string of the molecule is Cc1ccc(-n2ncc(CN)n2)cc1. The van der Waals surface area contributed by atoms with Gasteiger partial charge in [-0.05, 0) is 19.1 Å². The molecule has 0 radical (unpaired) electrons. The summed E-state index contributed by atoms with van der Waals surface area (Å²) >= 11 is 0. The quantitative estimate of drug-likeness (QED) is 0.766. The number of rotatable bonds is 2. The summed E-state index contributed by atoms with van der Waals surface area (Å²) in [5.74, 6) is 0. The standard InChI is InChI=1S/C10H12N4/c1-8-2-4-10(5-3-8)14-12-7-9(6-11)13-14/h2-5,7H,6,11H2,1H3. The van der Waals surface area contributed by atoms with Gasteiger partial charge in [0.1, 0.15) is 0 Å². The molecule has 0 spiro atoms. The van der Waals surface area contributed by atoms with Gasteiger partial charge in [0.2, 0.25) is 0 Å². The second-order valence-electron chi connectivity index (χ2n) is 3.17. The molecule has 1 heterocycles. The third-order valence-corrected chi connectivity index (χ3v) is 2.01. The predicted octanol–water partition coefficient (Wildman–Crippen LogP) is 1.03. The zero-order valence-corrected chi connectivity index (χ0v) is 8.01. The summed E-state index contributed by atoms with van der Waals surface area (Å²) in [5.41, 5.74) is 8.42. The fourth-order valence-electron chi connectivity index (χ4n) is 1.19. The molecule has 0 unspecified atom stereocenters. The molecule has 1 aromatic carbocycles. The molecule has 2 N–H and O–H groups in total. The maximum Gasteiger partial charge on any atom is 0.0967 e. The number of aryl methyl sites for hydroxylation is 1. The lowest BCUT2D eigenvalue weighted by Crippen LogP contribution is -2.01. The highest BCUT2D eigenvalue weighted by Gasteiger charge is 2.00. The number of hydrogen-bond donors (Lipinski definition) is 1. The van der Waals surface area contributed by atoms with Crippen molar-refractivity contribution in [2.24, 2.45) is 5.73 Å². The number of hydrogen-bond acceptors (Lipinski definition) is 3. The highest BCUT2D eigenvalue weighted by atomic mass is 15.5. The first kappa shape index (κ1) is 8.90. The van der Waals surface area contributed by atoms with Crippen molar-refractivity contribution in [1.29, 1.82) is 0 Å². The zero-order chi connectivity index (χ0) is 9.97. The van der Waals surface area contributed by atoms with Crippen LogP contribution in [0, 0.1) is 6.92 Å². The topological polar surface area (TPSA) is 56.7 Å². The van der Waals surface area contributed by atoms with Gasteiger partial charge >= 0.3 is 0 Å². The molecular formula is C10H12N4. The zero-order valence-electron chi connectivity index (χ0n) is 8.01. The van der Waals surface area contributed by atoms with Crippen molar-refractivity contribution in [3.8, 4) is 5.69 Å². The number of aromatic nitrogens is 3.